The smallest absolute Gasteiger partial charge is 0.254 e. The van der Waals surface area contributed by atoms with Crippen molar-refractivity contribution in [2.75, 3.05) is 19.7 Å². The number of aliphatic hydroxyl groups excluding tert-OH is 1. The fraction of sp³-hybridized carbons (Fsp3) is 0.450. The Morgan fingerprint density at radius 1 is 1.30 bits per heavy atom. The molecule has 0 spiro atoms. The predicted molar refractivity (Wildman–Crippen MR) is 99.9 cm³/mol. The van der Waals surface area contributed by atoms with Gasteiger partial charge in [-0.1, -0.05) is 12.1 Å². The van der Waals surface area contributed by atoms with Crippen LogP contribution in [0.4, 0.5) is 0 Å². The van der Waals surface area contributed by atoms with Gasteiger partial charge in [0.25, 0.3) is 5.91 Å². The van der Waals surface area contributed by atoms with Gasteiger partial charge in [-0.25, -0.2) is 0 Å². The molecule has 0 bridgehead atoms. The molecule has 2 aliphatic rings. The summed E-state index contributed by atoms with van der Waals surface area (Å²) in [6.07, 6.45) is 6.64. The molecule has 1 saturated carbocycles. The molecule has 4 rings (SSSR count). The van der Waals surface area contributed by atoms with Crippen LogP contribution in [-0.4, -0.2) is 57.3 Å². The van der Waals surface area contributed by atoms with Crippen molar-refractivity contribution in [2.24, 2.45) is 5.92 Å². The van der Waals surface area contributed by atoms with Crippen LogP contribution in [0.15, 0.2) is 36.7 Å². The van der Waals surface area contributed by atoms with Crippen LogP contribution in [0.1, 0.15) is 29.6 Å². The first-order valence-corrected chi connectivity index (χ1v) is 9.48. The zero-order chi connectivity index (χ0) is 18.8. The van der Waals surface area contributed by atoms with Gasteiger partial charge in [-0.15, -0.1) is 0 Å². The molecule has 27 heavy (non-hydrogen) atoms. The first-order chi connectivity index (χ1) is 13.2. The summed E-state index contributed by atoms with van der Waals surface area (Å²) < 4.78 is 1.97. The van der Waals surface area contributed by atoms with Crippen molar-refractivity contribution >= 4 is 11.8 Å². The molecule has 0 radical (unpaired) electrons. The van der Waals surface area contributed by atoms with Crippen LogP contribution < -0.4 is 5.32 Å². The van der Waals surface area contributed by atoms with Gasteiger partial charge in [0.2, 0.25) is 5.91 Å². The number of piperazine rings is 1. The minimum Gasteiger partial charge on any atom is -0.396 e. The number of aromatic nitrogens is 2. The van der Waals surface area contributed by atoms with E-state index < -0.39 is 6.04 Å². The summed E-state index contributed by atoms with van der Waals surface area (Å²) in [5, 5.41) is 16.4. The first kappa shape index (κ1) is 17.7. The van der Waals surface area contributed by atoms with Crippen LogP contribution in [0, 0.1) is 5.92 Å². The summed E-state index contributed by atoms with van der Waals surface area (Å²) in [7, 11) is 0. The van der Waals surface area contributed by atoms with Gasteiger partial charge in [0.05, 0.1) is 6.20 Å². The third kappa shape index (κ3) is 3.88. The molecule has 1 aromatic carbocycles. The second-order valence-corrected chi connectivity index (χ2v) is 7.29. The Morgan fingerprint density at radius 3 is 2.93 bits per heavy atom. The first-order valence-electron chi connectivity index (χ1n) is 9.48. The maximum absolute atomic E-state index is 13.0. The molecule has 1 aliphatic carbocycles. The molecule has 2 fully saturated rings. The molecule has 1 saturated heterocycles. The van der Waals surface area contributed by atoms with E-state index in [-0.39, 0.29) is 24.8 Å². The normalized spacial score (nSPS) is 19.8. The molecule has 1 aromatic heterocycles. The Labute approximate surface area is 158 Å². The van der Waals surface area contributed by atoms with Gasteiger partial charge in [0.1, 0.15) is 6.04 Å². The van der Waals surface area contributed by atoms with Gasteiger partial charge >= 0.3 is 0 Å². The Balaban J connectivity index is 1.54. The fourth-order valence-electron chi connectivity index (χ4n) is 3.54. The molecule has 7 nitrogen and oxygen atoms in total. The van der Waals surface area contributed by atoms with Crippen molar-refractivity contribution in [1.29, 1.82) is 0 Å². The number of carbonyl (C=O) groups is 2. The molecule has 7 heteroatoms. The van der Waals surface area contributed by atoms with Crippen LogP contribution in [0.25, 0.3) is 11.1 Å². The average Bonchev–Trinajstić information content (AvgIpc) is 3.37. The van der Waals surface area contributed by atoms with E-state index in [1.54, 1.807) is 11.0 Å². The largest absolute Gasteiger partial charge is 0.396 e. The molecule has 2 aromatic rings. The quantitative estimate of drug-likeness (QED) is 0.804. The number of amides is 2. The van der Waals surface area contributed by atoms with Crippen molar-refractivity contribution in [2.45, 2.75) is 31.8 Å². The van der Waals surface area contributed by atoms with E-state index in [0.29, 0.717) is 18.7 Å². The standard InChI is InChI=1S/C20H24N4O3/c25-9-6-18-19(26)21-7-8-24(18)20(27)16-3-1-2-15(10-16)17-11-22-23(13-17)12-14-4-5-14/h1-3,10-11,13-14,18,25H,4-9,12H2,(H,21,26)/t18-/m0/s1. The van der Waals surface area contributed by atoms with Crippen molar-refractivity contribution in [3.05, 3.63) is 42.2 Å². The Kier molecular flexibility index (Phi) is 4.94. The topological polar surface area (TPSA) is 87.5 Å². The summed E-state index contributed by atoms with van der Waals surface area (Å²) in [5.41, 5.74) is 2.46. The second kappa shape index (κ2) is 7.52. The van der Waals surface area contributed by atoms with Gasteiger partial charge in [0.15, 0.2) is 0 Å². The molecule has 2 amide bonds. The molecular formula is C20H24N4O3. The van der Waals surface area contributed by atoms with E-state index >= 15 is 0 Å². The zero-order valence-corrected chi connectivity index (χ0v) is 15.2. The van der Waals surface area contributed by atoms with Crippen LogP contribution >= 0.6 is 0 Å². The monoisotopic (exact) mass is 368 g/mol. The van der Waals surface area contributed by atoms with Gasteiger partial charge in [-0.05, 0) is 42.9 Å². The summed E-state index contributed by atoms with van der Waals surface area (Å²) >= 11 is 0. The number of hydrogen-bond donors (Lipinski definition) is 2. The van der Waals surface area contributed by atoms with Crippen LogP contribution in [0.3, 0.4) is 0 Å². The summed E-state index contributed by atoms with van der Waals surface area (Å²) in [4.78, 5) is 26.7. The lowest BCUT2D eigenvalue weighted by molar-refractivity contribution is -0.128. The lowest BCUT2D eigenvalue weighted by Gasteiger charge is -2.34. The summed E-state index contributed by atoms with van der Waals surface area (Å²) in [6, 6.07) is 6.81. The Morgan fingerprint density at radius 2 is 2.15 bits per heavy atom. The fourth-order valence-corrected chi connectivity index (χ4v) is 3.54. The van der Waals surface area contributed by atoms with Gasteiger partial charge in [-0.2, -0.15) is 5.10 Å². The number of nitrogens with one attached hydrogen (secondary N) is 1. The van der Waals surface area contributed by atoms with Crippen molar-refractivity contribution in [3.8, 4) is 11.1 Å². The van der Waals surface area contributed by atoms with E-state index in [9.17, 15) is 14.7 Å². The summed E-state index contributed by atoms with van der Waals surface area (Å²) in [6.45, 7) is 1.69. The van der Waals surface area contributed by atoms with Crippen LogP contribution in [0.2, 0.25) is 0 Å². The third-order valence-electron chi connectivity index (χ3n) is 5.21. The van der Waals surface area contributed by atoms with Crippen LogP contribution in [0.5, 0.6) is 0 Å². The molecule has 142 valence electrons. The highest BCUT2D eigenvalue weighted by atomic mass is 16.3. The van der Waals surface area contributed by atoms with Gasteiger partial charge < -0.3 is 15.3 Å². The lowest BCUT2D eigenvalue weighted by Crippen LogP contribution is -2.57. The number of nitrogens with zero attached hydrogens (tertiary/aromatic N) is 3. The highest BCUT2D eigenvalue weighted by molar-refractivity contribution is 5.99. The Bertz CT molecular complexity index is 843. The van der Waals surface area contributed by atoms with E-state index in [1.165, 1.54) is 12.8 Å². The Hall–Kier alpha value is -2.67. The van der Waals surface area contributed by atoms with Crippen LogP contribution in [-0.2, 0) is 11.3 Å². The maximum atomic E-state index is 13.0. The predicted octanol–water partition coefficient (Wildman–Crippen LogP) is 1.28. The minimum absolute atomic E-state index is 0.137. The molecule has 0 unspecified atom stereocenters. The summed E-state index contributed by atoms with van der Waals surface area (Å²) in [5.74, 6) is 0.357. The number of benzene rings is 1. The average molecular weight is 368 g/mol. The highest BCUT2D eigenvalue weighted by Gasteiger charge is 2.33. The number of aliphatic hydroxyl groups is 1. The number of carbonyl (C=O) groups excluding carboxylic acids is 2. The molecule has 2 heterocycles. The molecule has 1 atom stereocenters. The minimum atomic E-state index is -0.624. The zero-order valence-electron chi connectivity index (χ0n) is 15.2. The SMILES string of the molecule is O=C1NCCN(C(=O)c2cccc(-c3cnn(CC4CC4)c3)c2)[C@H]1CCO. The maximum Gasteiger partial charge on any atom is 0.254 e. The number of rotatable bonds is 6. The lowest BCUT2D eigenvalue weighted by atomic mass is 10.0. The van der Waals surface area contributed by atoms with E-state index in [1.807, 2.05) is 35.3 Å². The number of hydrogen-bond acceptors (Lipinski definition) is 4. The van der Waals surface area contributed by atoms with E-state index in [0.717, 1.165) is 23.6 Å². The molecule has 2 N–H and O–H groups in total. The van der Waals surface area contributed by atoms with Crippen molar-refractivity contribution < 1.29 is 14.7 Å². The van der Waals surface area contributed by atoms with Crippen molar-refractivity contribution in [3.63, 3.8) is 0 Å². The third-order valence-corrected chi connectivity index (χ3v) is 5.21. The van der Waals surface area contributed by atoms with Gasteiger partial charge in [-0.3, -0.25) is 14.3 Å². The van der Waals surface area contributed by atoms with E-state index in [4.69, 9.17) is 0 Å². The van der Waals surface area contributed by atoms with Gasteiger partial charge in [0, 0.05) is 43.6 Å². The molecule has 1 aliphatic heterocycles. The van der Waals surface area contributed by atoms with E-state index in [2.05, 4.69) is 10.4 Å². The van der Waals surface area contributed by atoms with Crippen molar-refractivity contribution in [1.82, 2.24) is 20.0 Å². The molecular weight excluding hydrogens is 344 g/mol. The second-order valence-electron chi connectivity index (χ2n) is 7.29. The highest BCUT2D eigenvalue weighted by Crippen LogP contribution is 2.31.